The Morgan fingerprint density at radius 3 is 2.67 bits per heavy atom. The number of hydrogen-bond acceptors (Lipinski definition) is 4. The first-order chi connectivity index (χ1) is 8.67. The van der Waals surface area contributed by atoms with E-state index in [0.29, 0.717) is 17.3 Å². The Morgan fingerprint density at radius 1 is 1.28 bits per heavy atom. The smallest absolute Gasteiger partial charge is 0.168 e. The van der Waals surface area contributed by atoms with Crippen LogP contribution in [0.5, 0.6) is 0 Å². The van der Waals surface area contributed by atoms with Gasteiger partial charge in [-0.1, -0.05) is 15.9 Å². The first kappa shape index (κ1) is 13.2. The molecular weight excluding hydrogens is 312 g/mol. The van der Waals surface area contributed by atoms with Crippen LogP contribution in [0.3, 0.4) is 0 Å². The van der Waals surface area contributed by atoms with Gasteiger partial charge >= 0.3 is 0 Å². The van der Waals surface area contributed by atoms with Gasteiger partial charge in [-0.15, -0.1) is 11.8 Å². The highest BCUT2D eigenvalue weighted by Gasteiger charge is 2.03. The van der Waals surface area contributed by atoms with Gasteiger partial charge in [0, 0.05) is 15.1 Å². The Morgan fingerprint density at radius 2 is 2.00 bits per heavy atom. The van der Waals surface area contributed by atoms with E-state index < -0.39 is 0 Å². The second kappa shape index (κ2) is 6.11. The third-order valence-corrected chi connectivity index (χ3v) is 3.76. The van der Waals surface area contributed by atoms with Crippen molar-refractivity contribution in [1.82, 2.24) is 9.97 Å². The number of nitrogens with zero attached hydrogens (tertiary/aromatic N) is 2. The number of aromatic nitrogens is 2. The fraction of sp³-hybridized carbons (Fsp3) is 0.154. The van der Waals surface area contributed by atoms with Crippen molar-refractivity contribution in [1.29, 1.82) is 0 Å². The molecule has 2 rings (SSSR count). The predicted octanol–water partition coefficient (Wildman–Crippen LogP) is 3.65. The van der Waals surface area contributed by atoms with Crippen molar-refractivity contribution in [2.24, 2.45) is 0 Å². The summed E-state index contributed by atoms with van der Waals surface area (Å²) in [5.74, 6) is 1.34. The highest BCUT2D eigenvalue weighted by molar-refractivity contribution is 9.10. The van der Waals surface area contributed by atoms with E-state index in [1.807, 2.05) is 31.2 Å². The lowest BCUT2D eigenvalue weighted by Gasteiger charge is -2.03. The van der Waals surface area contributed by atoms with Gasteiger partial charge in [-0.25, -0.2) is 9.97 Å². The normalized spacial score (nSPS) is 10.3. The minimum Gasteiger partial charge on any atom is -0.296 e. The van der Waals surface area contributed by atoms with E-state index in [4.69, 9.17) is 0 Å². The Labute approximate surface area is 118 Å². The molecule has 2 aromatic rings. The van der Waals surface area contributed by atoms with Crippen LogP contribution in [-0.4, -0.2) is 16.3 Å². The number of halogens is 1. The van der Waals surface area contributed by atoms with Crippen LogP contribution in [0.1, 0.15) is 22.0 Å². The summed E-state index contributed by atoms with van der Waals surface area (Å²) in [6.45, 7) is 1.86. The maximum Gasteiger partial charge on any atom is 0.168 e. The van der Waals surface area contributed by atoms with Crippen LogP contribution in [0.25, 0.3) is 0 Å². The van der Waals surface area contributed by atoms with Crippen LogP contribution in [-0.2, 0) is 5.75 Å². The molecule has 0 atom stereocenters. The summed E-state index contributed by atoms with van der Waals surface area (Å²) in [6.07, 6.45) is 0.752. The molecule has 0 radical (unpaired) electrons. The van der Waals surface area contributed by atoms with Gasteiger partial charge < -0.3 is 0 Å². The van der Waals surface area contributed by atoms with Crippen LogP contribution in [0.15, 0.2) is 39.7 Å². The lowest BCUT2D eigenvalue weighted by molar-refractivity contribution is 0.111. The summed E-state index contributed by atoms with van der Waals surface area (Å²) in [6, 6.07) is 9.74. The third kappa shape index (κ3) is 3.65. The highest BCUT2D eigenvalue weighted by atomic mass is 79.9. The highest BCUT2D eigenvalue weighted by Crippen LogP contribution is 2.23. The molecule has 0 bridgehead atoms. The van der Waals surface area contributed by atoms with Crippen LogP contribution in [0.4, 0.5) is 0 Å². The molecule has 5 heteroatoms. The Kier molecular flexibility index (Phi) is 4.49. The van der Waals surface area contributed by atoms with E-state index in [-0.39, 0.29) is 0 Å². The Hall–Kier alpha value is -1.20. The SMILES string of the molecule is Cc1cc(C=O)nc(CSc2ccc(Br)cc2)n1. The van der Waals surface area contributed by atoms with Gasteiger partial charge in [-0.05, 0) is 37.3 Å². The van der Waals surface area contributed by atoms with Gasteiger partial charge in [-0.3, -0.25) is 4.79 Å². The van der Waals surface area contributed by atoms with Crippen molar-refractivity contribution in [2.75, 3.05) is 0 Å². The Bertz CT molecular complexity index is 557. The molecule has 92 valence electrons. The van der Waals surface area contributed by atoms with E-state index in [9.17, 15) is 4.79 Å². The van der Waals surface area contributed by atoms with E-state index in [2.05, 4.69) is 25.9 Å². The van der Waals surface area contributed by atoms with Gasteiger partial charge in [-0.2, -0.15) is 0 Å². The molecule has 18 heavy (non-hydrogen) atoms. The Balaban J connectivity index is 2.08. The van der Waals surface area contributed by atoms with Crippen LogP contribution in [0.2, 0.25) is 0 Å². The molecule has 0 aliphatic heterocycles. The summed E-state index contributed by atoms with van der Waals surface area (Å²) in [4.78, 5) is 20.4. The fourth-order valence-electron chi connectivity index (χ4n) is 1.46. The van der Waals surface area contributed by atoms with Crippen LogP contribution < -0.4 is 0 Å². The molecule has 0 fully saturated rings. The van der Waals surface area contributed by atoms with Gasteiger partial charge in [0.15, 0.2) is 6.29 Å². The maximum atomic E-state index is 10.7. The lowest BCUT2D eigenvalue weighted by atomic mass is 10.3. The first-order valence-electron chi connectivity index (χ1n) is 5.35. The molecule has 0 amide bonds. The summed E-state index contributed by atoms with van der Waals surface area (Å²) >= 11 is 5.05. The largest absolute Gasteiger partial charge is 0.296 e. The zero-order valence-corrected chi connectivity index (χ0v) is 12.2. The second-order valence-electron chi connectivity index (χ2n) is 3.71. The summed E-state index contributed by atoms with van der Waals surface area (Å²) in [5.41, 5.74) is 1.26. The zero-order valence-electron chi connectivity index (χ0n) is 9.76. The van der Waals surface area contributed by atoms with Gasteiger partial charge in [0.2, 0.25) is 0 Å². The van der Waals surface area contributed by atoms with Crippen molar-refractivity contribution >= 4 is 34.0 Å². The van der Waals surface area contributed by atoms with Crippen molar-refractivity contribution < 1.29 is 4.79 Å². The minimum absolute atomic E-state index is 0.439. The van der Waals surface area contributed by atoms with E-state index in [1.165, 1.54) is 0 Å². The molecule has 0 aliphatic carbocycles. The number of aryl methyl sites for hydroxylation is 1. The molecule has 0 unspecified atom stereocenters. The van der Waals surface area contributed by atoms with Gasteiger partial charge in [0.25, 0.3) is 0 Å². The minimum atomic E-state index is 0.439. The number of benzene rings is 1. The average molecular weight is 323 g/mol. The topological polar surface area (TPSA) is 42.9 Å². The van der Waals surface area contributed by atoms with E-state index in [1.54, 1.807) is 17.8 Å². The molecule has 3 nitrogen and oxygen atoms in total. The van der Waals surface area contributed by atoms with Crippen molar-refractivity contribution in [3.63, 3.8) is 0 Å². The average Bonchev–Trinajstić information content (AvgIpc) is 2.37. The molecule has 1 heterocycles. The van der Waals surface area contributed by atoms with Gasteiger partial charge in [0.1, 0.15) is 11.5 Å². The maximum absolute atomic E-state index is 10.7. The zero-order chi connectivity index (χ0) is 13.0. The van der Waals surface area contributed by atoms with Crippen LogP contribution in [0, 0.1) is 6.92 Å². The summed E-state index contributed by atoms with van der Waals surface area (Å²) < 4.78 is 1.06. The summed E-state index contributed by atoms with van der Waals surface area (Å²) in [5, 5.41) is 0. The molecule has 0 spiro atoms. The molecule has 0 aliphatic rings. The lowest BCUT2D eigenvalue weighted by Crippen LogP contribution is -1.99. The molecular formula is C13H11BrN2OS. The molecule has 1 aromatic heterocycles. The quantitative estimate of drug-likeness (QED) is 0.636. The van der Waals surface area contributed by atoms with E-state index >= 15 is 0 Å². The number of carbonyl (C=O) groups is 1. The molecule has 0 saturated carbocycles. The predicted molar refractivity (Wildman–Crippen MR) is 75.9 cm³/mol. The molecule has 1 aromatic carbocycles. The number of hydrogen-bond donors (Lipinski definition) is 0. The van der Waals surface area contributed by atoms with Crippen LogP contribution >= 0.6 is 27.7 Å². The number of thioether (sulfide) groups is 1. The monoisotopic (exact) mass is 322 g/mol. The number of carbonyl (C=O) groups excluding carboxylic acids is 1. The van der Waals surface area contributed by atoms with Crippen molar-refractivity contribution in [3.8, 4) is 0 Å². The molecule has 0 saturated heterocycles. The fourth-order valence-corrected chi connectivity index (χ4v) is 2.48. The molecule has 0 N–H and O–H groups in total. The first-order valence-corrected chi connectivity index (χ1v) is 7.13. The third-order valence-electron chi connectivity index (χ3n) is 2.22. The van der Waals surface area contributed by atoms with E-state index in [0.717, 1.165) is 21.3 Å². The standard InChI is InChI=1S/C13H11BrN2OS/c1-9-6-11(7-17)16-13(15-9)8-18-12-4-2-10(14)3-5-12/h2-7H,8H2,1H3. The van der Waals surface area contributed by atoms with Crippen molar-refractivity contribution in [2.45, 2.75) is 17.6 Å². The van der Waals surface area contributed by atoms with Crippen molar-refractivity contribution in [3.05, 3.63) is 52.0 Å². The number of aldehydes is 1. The second-order valence-corrected chi connectivity index (χ2v) is 5.68. The number of rotatable bonds is 4. The van der Waals surface area contributed by atoms with Gasteiger partial charge in [0.05, 0.1) is 5.75 Å². The summed E-state index contributed by atoms with van der Waals surface area (Å²) in [7, 11) is 0.